The van der Waals surface area contributed by atoms with Gasteiger partial charge in [-0.3, -0.25) is 4.79 Å². The van der Waals surface area contributed by atoms with Crippen molar-refractivity contribution in [1.82, 2.24) is 5.32 Å². The highest BCUT2D eigenvalue weighted by atomic mass is 35.5. The molecule has 3 N–H and O–H groups in total. The molecule has 3 nitrogen and oxygen atoms in total. The molecular formula is C5H11ClN2O. The van der Waals surface area contributed by atoms with Gasteiger partial charge < -0.3 is 11.1 Å². The summed E-state index contributed by atoms with van der Waals surface area (Å²) in [5, 5.41) is 2.70. The number of hydrogen-bond acceptors (Lipinski definition) is 2. The van der Waals surface area contributed by atoms with Gasteiger partial charge in [0.25, 0.3) is 0 Å². The van der Waals surface area contributed by atoms with Crippen LogP contribution in [0.3, 0.4) is 0 Å². The monoisotopic (exact) mass is 150 g/mol. The molecule has 1 atom stereocenters. The van der Waals surface area contributed by atoms with E-state index in [1.165, 1.54) is 0 Å². The first-order chi connectivity index (χ1) is 3.83. The second-order valence-corrected chi connectivity index (χ2v) is 2.11. The Morgan fingerprint density at radius 3 is 2.67 bits per heavy atom. The molecule has 54 valence electrons. The average molecular weight is 151 g/mol. The highest BCUT2D eigenvalue weighted by Gasteiger charge is 2.18. The Kier molecular flexibility index (Phi) is 3.58. The minimum Gasteiger partial charge on any atom is -0.356 e. The van der Waals surface area contributed by atoms with Crippen LogP contribution in [0.1, 0.15) is 6.42 Å². The summed E-state index contributed by atoms with van der Waals surface area (Å²) in [5.74, 6) is 0.531. The first-order valence-corrected chi connectivity index (χ1v) is 2.79. The van der Waals surface area contributed by atoms with Gasteiger partial charge in [0.15, 0.2) is 0 Å². The molecule has 9 heavy (non-hydrogen) atoms. The Labute approximate surface area is 60.4 Å². The molecule has 1 rings (SSSR count). The maximum Gasteiger partial charge on any atom is 0.220 e. The summed E-state index contributed by atoms with van der Waals surface area (Å²) in [6, 6.07) is 0. The van der Waals surface area contributed by atoms with Crippen LogP contribution in [-0.2, 0) is 4.79 Å². The van der Waals surface area contributed by atoms with E-state index in [0.717, 1.165) is 6.54 Å². The Balaban J connectivity index is 0.000000640. The second-order valence-electron chi connectivity index (χ2n) is 2.11. The van der Waals surface area contributed by atoms with E-state index in [0.29, 0.717) is 18.9 Å². The summed E-state index contributed by atoms with van der Waals surface area (Å²) in [6.45, 7) is 1.40. The maximum absolute atomic E-state index is 10.4. The fourth-order valence-corrected chi connectivity index (χ4v) is 0.831. The van der Waals surface area contributed by atoms with Gasteiger partial charge in [0.05, 0.1) is 0 Å². The van der Waals surface area contributed by atoms with Crippen molar-refractivity contribution in [3.05, 3.63) is 0 Å². The summed E-state index contributed by atoms with van der Waals surface area (Å²) in [4.78, 5) is 10.4. The van der Waals surface area contributed by atoms with Crippen LogP contribution in [0.4, 0.5) is 0 Å². The number of rotatable bonds is 1. The van der Waals surface area contributed by atoms with Crippen molar-refractivity contribution < 1.29 is 4.79 Å². The van der Waals surface area contributed by atoms with E-state index in [2.05, 4.69) is 5.32 Å². The van der Waals surface area contributed by atoms with E-state index in [1.807, 2.05) is 0 Å². The number of amides is 1. The Bertz CT molecular complexity index is 107. The van der Waals surface area contributed by atoms with Gasteiger partial charge in [0.2, 0.25) is 5.91 Å². The van der Waals surface area contributed by atoms with E-state index in [-0.39, 0.29) is 18.3 Å². The van der Waals surface area contributed by atoms with Gasteiger partial charge in [0.1, 0.15) is 0 Å². The molecule has 0 aromatic heterocycles. The van der Waals surface area contributed by atoms with Crippen LogP contribution >= 0.6 is 12.4 Å². The third kappa shape index (κ3) is 2.20. The standard InChI is InChI=1S/C5H10N2O.ClH/c6-2-4-1-5(8)7-3-4;/h4H,1-3,6H2,(H,7,8);1H. The van der Waals surface area contributed by atoms with Gasteiger partial charge in [-0.05, 0) is 12.5 Å². The molecule has 0 spiro atoms. The maximum atomic E-state index is 10.4. The molecule has 1 aliphatic heterocycles. The molecule has 1 aliphatic rings. The van der Waals surface area contributed by atoms with Crippen molar-refractivity contribution in [3.8, 4) is 0 Å². The highest BCUT2D eigenvalue weighted by molar-refractivity contribution is 5.85. The van der Waals surface area contributed by atoms with E-state index >= 15 is 0 Å². The van der Waals surface area contributed by atoms with Crippen LogP contribution < -0.4 is 11.1 Å². The SMILES string of the molecule is Cl.NCC1CNC(=O)C1. The fourth-order valence-electron chi connectivity index (χ4n) is 0.831. The van der Waals surface area contributed by atoms with Gasteiger partial charge in [0, 0.05) is 13.0 Å². The average Bonchev–Trinajstić information content (AvgIpc) is 2.14. The zero-order valence-corrected chi connectivity index (χ0v) is 5.91. The molecule has 0 aliphatic carbocycles. The smallest absolute Gasteiger partial charge is 0.220 e. The number of halogens is 1. The highest BCUT2D eigenvalue weighted by Crippen LogP contribution is 2.04. The van der Waals surface area contributed by atoms with Crippen molar-refractivity contribution >= 4 is 18.3 Å². The number of nitrogens with one attached hydrogen (secondary N) is 1. The first kappa shape index (κ1) is 8.72. The lowest BCUT2D eigenvalue weighted by molar-refractivity contribution is -0.119. The second kappa shape index (κ2) is 3.69. The van der Waals surface area contributed by atoms with Crippen LogP contribution in [0.5, 0.6) is 0 Å². The van der Waals surface area contributed by atoms with Crippen molar-refractivity contribution in [2.75, 3.05) is 13.1 Å². The van der Waals surface area contributed by atoms with Crippen LogP contribution in [-0.4, -0.2) is 19.0 Å². The molecule has 1 heterocycles. The van der Waals surface area contributed by atoms with Gasteiger partial charge in [-0.25, -0.2) is 0 Å². The molecule has 0 radical (unpaired) electrons. The van der Waals surface area contributed by atoms with E-state index < -0.39 is 0 Å². The zero-order chi connectivity index (χ0) is 5.98. The molecule has 1 fully saturated rings. The first-order valence-electron chi connectivity index (χ1n) is 2.79. The predicted octanol–water partition coefficient (Wildman–Crippen LogP) is -0.497. The van der Waals surface area contributed by atoms with E-state index in [9.17, 15) is 4.79 Å². The van der Waals surface area contributed by atoms with Crippen LogP contribution in [0.15, 0.2) is 0 Å². The normalized spacial score (nSPS) is 25.0. The largest absolute Gasteiger partial charge is 0.356 e. The lowest BCUT2D eigenvalue weighted by atomic mass is 10.1. The van der Waals surface area contributed by atoms with E-state index in [4.69, 9.17) is 5.73 Å². The molecule has 1 unspecified atom stereocenters. The van der Waals surface area contributed by atoms with Gasteiger partial charge in [-0.15, -0.1) is 12.4 Å². The fraction of sp³-hybridized carbons (Fsp3) is 0.800. The Morgan fingerprint density at radius 2 is 2.44 bits per heavy atom. The van der Waals surface area contributed by atoms with E-state index in [1.54, 1.807) is 0 Å². The molecule has 1 amide bonds. The minimum atomic E-state index is 0. The van der Waals surface area contributed by atoms with Crippen LogP contribution in [0.25, 0.3) is 0 Å². The number of nitrogens with two attached hydrogens (primary N) is 1. The minimum absolute atomic E-state index is 0. The van der Waals surface area contributed by atoms with Crippen molar-refractivity contribution in [3.63, 3.8) is 0 Å². The van der Waals surface area contributed by atoms with Gasteiger partial charge in [-0.1, -0.05) is 0 Å². The molecule has 0 aromatic carbocycles. The van der Waals surface area contributed by atoms with Crippen molar-refractivity contribution in [1.29, 1.82) is 0 Å². The lowest BCUT2D eigenvalue weighted by Crippen LogP contribution is -2.17. The topological polar surface area (TPSA) is 55.1 Å². The van der Waals surface area contributed by atoms with Crippen LogP contribution in [0.2, 0.25) is 0 Å². The molecule has 0 bridgehead atoms. The van der Waals surface area contributed by atoms with Crippen molar-refractivity contribution in [2.24, 2.45) is 11.7 Å². The summed E-state index contributed by atoms with van der Waals surface area (Å²) in [7, 11) is 0. The molecule has 0 aromatic rings. The van der Waals surface area contributed by atoms with Gasteiger partial charge in [-0.2, -0.15) is 0 Å². The lowest BCUT2D eigenvalue weighted by Gasteiger charge is -1.97. The number of carbonyl (C=O) groups excluding carboxylic acids is 1. The molecule has 1 saturated heterocycles. The summed E-state index contributed by atoms with van der Waals surface area (Å²) in [5.41, 5.74) is 5.30. The zero-order valence-electron chi connectivity index (χ0n) is 5.09. The van der Waals surface area contributed by atoms with Gasteiger partial charge >= 0.3 is 0 Å². The third-order valence-corrected chi connectivity index (χ3v) is 1.40. The predicted molar refractivity (Wildman–Crippen MR) is 37.4 cm³/mol. The molecule has 4 heteroatoms. The van der Waals surface area contributed by atoms with Crippen molar-refractivity contribution in [2.45, 2.75) is 6.42 Å². The number of hydrogen-bond donors (Lipinski definition) is 2. The number of carbonyl (C=O) groups is 1. The molecule has 0 saturated carbocycles. The Morgan fingerprint density at radius 1 is 1.78 bits per heavy atom. The third-order valence-electron chi connectivity index (χ3n) is 1.40. The summed E-state index contributed by atoms with van der Waals surface area (Å²) < 4.78 is 0. The van der Waals surface area contributed by atoms with Crippen LogP contribution in [0, 0.1) is 5.92 Å². The summed E-state index contributed by atoms with van der Waals surface area (Å²) in [6.07, 6.45) is 0.622. The quantitative estimate of drug-likeness (QED) is 0.530. The summed E-state index contributed by atoms with van der Waals surface area (Å²) >= 11 is 0. The Hall–Kier alpha value is -0.280. The molecular weight excluding hydrogens is 140 g/mol.